The molecule has 128 valence electrons. The van der Waals surface area contributed by atoms with Crippen molar-refractivity contribution in [3.05, 3.63) is 64.6 Å². The van der Waals surface area contributed by atoms with Gasteiger partial charge in [0, 0.05) is 22.2 Å². The van der Waals surface area contributed by atoms with E-state index >= 15 is 0 Å². The first kappa shape index (κ1) is 17.6. The Balaban J connectivity index is 1.85. The molecule has 25 heavy (non-hydrogen) atoms. The normalized spacial score (nSPS) is 11.3. The summed E-state index contributed by atoms with van der Waals surface area (Å²) in [7, 11) is -3.45. The van der Waals surface area contributed by atoms with E-state index < -0.39 is 15.7 Å². The standard InChI is InChI=1S/C17H13ClN2O3S2/c1-25(22,23)15-5-3-2-4-13(15)19-16(21)14-10-24-17(20-14)11-6-8-12(18)9-7-11/h2-10H,1H3,(H,19,21). The highest BCUT2D eigenvalue weighted by atomic mass is 35.5. The molecule has 0 spiro atoms. The van der Waals surface area contributed by atoms with Crippen molar-refractivity contribution in [3.8, 4) is 10.6 Å². The van der Waals surface area contributed by atoms with Gasteiger partial charge in [0.15, 0.2) is 9.84 Å². The third kappa shape index (κ3) is 4.07. The summed E-state index contributed by atoms with van der Waals surface area (Å²) in [4.78, 5) is 16.8. The fourth-order valence-electron chi connectivity index (χ4n) is 2.18. The second-order valence-corrected chi connectivity index (χ2v) is 8.55. The number of nitrogens with zero attached hydrogens (tertiary/aromatic N) is 1. The molecule has 0 unspecified atom stereocenters. The SMILES string of the molecule is CS(=O)(=O)c1ccccc1NC(=O)c1csc(-c2ccc(Cl)cc2)n1. The Kier molecular flexibility index (Phi) is 4.89. The van der Waals surface area contributed by atoms with Gasteiger partial charge in [-0.25, -0.2) is 13.4 Å². The van der Waals surface area contributed by atoms with Crippen LogP contribution < -0.4 is 5.32 Å². The van der Waals surface area contributed by atoms with Crippen molar-refractivity contribution < 1.29 is 13.2 Å². The first-order valence-corrected chi connectivity index (χ1v) is 10.3. The van der Waals surface area contributed by atoms with Gasteiger partial charge in [-0.1, -0.05) is 35.9 Å². The smallest absolute Gasteiger partial charge is 0.275 e. The third-order valence-electron chi connectivity index (χ3n) is 3.36. The van der Waals surface area contributed by atoms with Gasteiger partial charge in [-0.2, -0.15) is 0 Å². The minimum Gasteiger partial charge on any atom is -0.319 e. The Labute approximate surface area is 154 Å². The van der Waals surface area contributed by atoms with Crippen LogP contribution in [0.2, 0.25) is 5.02 Å². The van der Waals surface area contributed by atoms with E-state index in [1.54, 1.807) is 35.7 Å². The van der Waals surface area contributed by atoms with E-state index in [1.165, 1.54) is 17.4 Å². The summed E-state index contributed by atoms with van der Waals surface area (Å²) >= 11 is 7.19. The number of para-hydroxylation sites is 1. The maximum Gasteiger partial charge on any atom is 0.275 e. The van der Waals surface area contributed by atoms with Crippen molar-refractivity contribution in [1.82, 2.24) is 4.98 Å². The molecule has 3 aromatic rings. The van der Waals surface area contributed by atoms with Gasteiger partial charge in [0.2, 0.25) is 0 Å². The van der Waals surface area contributed by atoms with E-state index in [1.807, 2.05) is 12.1 Å². The number of hydrogen-bond acceptors (Lipinski definition) is 5. The van der Waals surface area contributed by atoms with Crippen molar-refractivity contribution in [2.75, 3.05) is 11.6 Å². The molecular formula is C17H13ClN2O3S2. The molecule has 1 N–H and O–H groups in total. The fourth-order valence-corrected chi connectivity index (χ4v) is 3.96. The highest BCUT2D eigenvalue weighted by Crippen LogP contribution is 2.26. The summed E-state index contributed by atoms with van der Waals surface area (Å²) in [6.07, 6.45) is 1.10. The zero-order valence-electron chi connectivity index (χ0n) is 13.1. The van der Waals surface area contributed by atoms with Crippen LogP contribution in [0.1, 0.15) is 10.5 Å². The average Bonchev–Trinajstić information content (AvgIpc) is 3.05. The summed E-state index contributed by atoms with van der Waals surface area (Å²) in [5.41, 5.74) is 1.30. The predicted molar refractivity (Wildman–Crippen MR) is 100 cm³/mol. The van der Waals surface area contributed by atoms with Gasteiger partial charge in [-0.3, -0.25) is 4.79 Å². The number of carbonyl (C=O) groups is 1. The Bertz CT molecular complexity index is 1030. The van der Waals surface area contributed by atoms with Crippen LogP contribution in [0.5, 0.6) is 0 Å². The predicted octanol–water partition coefficient (Wildman–Crippen LogP) is 4.12. The molecule has 0 bridgehead atoms. The molecule has 0 atom stereocenters. The van der Waals surface area contributed by atoms with Crippen molar-refractivity contribution in [1.29, 1.82) is 0 Å². The number of nitrogens with one attached hydrogen (secondary N) is 1. The maximum atomic E-state index is 12.4. The van der Waals surface area contributed by atoms with Crippen LogP contribution in [-0.2, 0) is 9.84 Å². The number of hydrogen-bond donors (Lipinski definition) is 1. The Morgan fingerprint density at radius 1 is 1.12 bits per heavy atom. The summed E-state index contributed by atoms with van der Waals surface area (Å²) in [5, 5.41) is 5.54. The van der Waals surface area contributed by atoms with Gasteiger partial charge in [0.25, 0.3) is 5.91 Å². The minimum absolute atomic E-state index is 0.0662. The van der Waals surface area contributed by atoms with Gasteiger partial charge < -0.3 is 5.32 Å². The minimum atomic E-state index is -3.45. The summed E-state index contributed by atoms with van der Waals surface area (Å²) in [6.45, 7) is 0. The topological polar surface area (TPSA) is 76.1 Å². The molecule has 0 saturated carbocycles. The largest absolute Gasteiger partial charge is 0.319 e. The lowest BCUT2D eigenvalue weighted by atomic mass is 10.2. The lowest BCUT2D eigenvalue weighted by Crippen LogP contribution is -2.14. The second-order valence-electron chi connectivity index (χ2n) is 5.27. The van der Waals surface area contributed by atoms with Crippen LogP contribution >= 0.6 is 22.9 Å². The van der Waals surface area contributed by atoms with Crippen molar-refractivity contribution >= 4 is 44.4 Å². The molecule has 0 saturated heterocycles. The molecule has 1 heterocycles. The molecule has 0 aliphatic heterocycles. The molecule has 8 heteroatoms. The quantitative estimate of drug-likeness (QED) is 0.724. The van der Waals surface area contributed by atoms with Crippen LogP contribution in [0.3, 0.4) is 0 Å². The Morgan fingerprint density at radius 3 is 2.48 bits per heavy atom. The number of benzene rings is 2. The molecule has 3 rings (SSSR count). The summed E-state index contributed by atoms with van der Waals surface area (Å²) < 4.78 is 23.6. The zero-order chi connectivity index (χ0) is 18.0. The van der Waals surface area contributed by atoms with Gasteiger partial charge in [-0.05, 0) is 24.3 Å². The van der Waals surface area contributed by atoms with Gasteiger partial charge in [0.05, 0.1) is 10.6 Å². The van der Waals surface area contributed by atoms with Crippen LogP contribution in [0.25, 0.3) is 10.6 Å². The van der Waals surface area contributed by atoms with E-state index in [4.69, 9.17) is 11.6 Å². The molecule has 1 amide bonds. The molecule has 0 aliphatic carbocycles. The maximum absolute atomic E-state index is 12.4. The monoisotopic (exact) mass is 392 g/mol. The highest BCUT2D eigenvalue weighted by molar-refractivity contribution is 7.90. The van der Waals surface area contributed by atoms with Crippen molar-refractivity contribution in [2.45, 2.75) is 4.90 Å². The lowest BCUT2D eigenvalue weighted by molar-refractivity contribution is 0.102. The number of aromatic nitrogens is 1. The van der Waals surface area contributed by atoms with E-state index in [0.717, 1.165) is 11.8 Å². The number of halogens is 1. The molecule has 0 radical (unpaired) electrons. The second kappa shape index (κ2) is 6.95. The highest BCUT2D eigenvalue weighted by Gasteiger charge is 2.17. The van der Waals surface area contributed by atoms with Gasteiger partial charge >= 0.3 is 0 Å². The molecule has 0 aliphatic rings. The fraction of sp³-hybridized carbons (Fsp3) is 0.0588. The third-order valence-corrected chi connectivity index (χ3v) is 5.66. The number of thiazole rings is 1. The van der Waals surface area contributed by atoms with Crippen LogP contribution in [0, 0.1) is 0 Å². The van der Waals surface area contributed by atoms with Gasteiger partial charge in [-0.15, -0.1) is 11.3 Å². The number of anilines is 1. The first-order valence-electron chi connectivity index (χ1n) is 7.16. The number of sulfone groups is 1. The molecule has 1 aromatic heterocycles. The summed E-state index contributed by atoms with van der Waals surface area (Å²) in [5.74, 6) is -0.465. The summed E-state index contributed by atoms with van der Waals surface area (Å²) in [6, 6.07) is 13.4. The van der Waals surface area contributed by atoms with Crippen molar-refractivity contribution in [3.63, 3.8) is 0 Å². The van der Waals surface area contributed by atoms with Crippen LogP contribution in [-0.4, -0.2) is 25.6 Å². The number of rotatable bonds is 4. The Hall–Kier alpha value is -2.22. The van der Waals surface area contributed by atoms with Crippen molar-refractivity contribution in [2.24, 2.45) is 0 Å². The molecule has 0 fully saturated rings. The van der Waals surface area contributed by atoms with E-state index in [9.17, 15) is 13.2 Å². The molecule has 2 aromatic carbocycles. The van der Waals surface area contributed by atoms with Gasteiger partial charge in [0.1, 0.15) is 10.7 Å². The van der Waals surface area contributed by atoms with E-state index in [-0.39, 0.29) is 16.3 Å². The van der Waals surface area contributed by atoms with Crippen LogP contribution in [0.15, 0.2) is 58.8 Å². The molecule has 5 nitrogen and oxygen atoms in total. The van der Waals surface area contributed by atoms with E-state index in [0.29, 0.717) is 10.0 Å². The Morgan fingerprint density at radius 2 is 1.80 bits per heavy atom. The zero-order valence-corrected chi connectivity index (χ0v) is 15.5. The lowest BCUT2D eigenvalue weighted by Gasteiger charge is -2.08. The first-order chi connectivity index (χ1) is 11.8. The molecular weight excluding hydrogens is 380 g/mol. The number of amides is 1. The number of carbonyl (C=O) groups excluding carboxylic acids is 1. The average molecular weight is 393 g/mol. The van der Waals surface area contributed by atoms with Crippen LogP contribution in [0.4, 0.5) is 5.69 Å². The van der Waals surface area contributed by atoms with E-state index in [2.05, 4.69) is 10.3 Å².